The molecule has 1 N–H and O–H groups in total. The fraction of sp³-hybridized carbons (Fsp3) is 0.200. The number of hydrogen-bond donors (Lipinski definition) is 1. The summed E-state index contributed by atoms with van der Waals surface area (Å²) < 4.78 is 13.8. The Morgan fingerprint density at radius 1 is 1.31 bits per heavy atom. The molecule has 0 amide bonds. The first-order valence-corrected chi connectivity index (χ1v) is 4.83. The van der Waals surface area contributed by atoms with Crippen molar-refractivity contribution in [3.63, 3.8) is 0 Å². The normalized spacial score (nSPS) is 11.1. The molecule has 0 saturated carbocycles. The minimum Gasteiger partial charge on any atom is -0.357 e. The Bertz CT molecular complexity index is 473. The van der Waals surface area contributed by atoms with Crippen molar-refractivity contribution in [1.29, 1.82) is 0 Å². The summed E-state index contributed by atoms with van der Waals surface area (Å²) in [5, 5.41) is 0.948. The first-order valence-electron chi connectivity index (χ1n) is 4.03. The number of hydrogen-bond acceptors (Lipinski definition) is 0. The van der Waals surface area contributed by atoms with E-state index in [-0.39, 0.29) is 5.82 Å². The number of aromatic amines is 1. The van der Waals surface area contributed by atoms with Crippen molar-refractivity contribution in [1.82, 2.24) is 4.98 Å². The molecule has 0 aliphatic carbocycles. The number of H-pyrrole nitrogens is 1. The summed E-state index contributed by atoms with van der Waals surface area (Å²) in [5.74, 6) is -0.207. The summed E-state index contributed by atoms with van der Waals surface area (Å²) in [6.07, 6.45) is 0. The Balaban J connectivity index is 2.94. The molecule has 0 spiro atoms. The van der Waals surface area contributed by atoms with Crippen LogP contribution in [0.1, 0.15) is 11.3 Å². The standard InChI is InChI=1S/C10H9BrFN/c1-5-6(2)13-10-8(5)3-7(12)4-9(10)11/h3-4,13H,1-2H3. The van der Waals surface area contributed by atoms with Crippen LogP contribution in [-0.4, -0.2) is 4.98 Å². The molecule has 1 aromatic heterocycles. The van der Waals surface area contributed by atoms with E-state index >= 15 is 0 Å². The molecule has 0 radical (unpaired) electrons. The van der Waals surface area contributed by atoms with Gasteiger partial charge in [0.2, 0.25) is 0 Å². The number of benzene rings is 1. The van der Waals surface area contributed by atoms with E-state index in [0.29, 0.717) is 0 Å². The predicted molar refractivity (Wildman–Crippen MR) is 55.4 cm³/mol. The maximum absolute atomic E-state index is 13.0. The van der Waals surface area contributed by atoms with Crippen LogP contribution < -0.4 is 0 Å². The van der Waals surface area contributed by atoms with Crippen molar-refractivity contribution < 1.29 is 4.39 Å². The van der Waals surface area contributed by atoms with Crippen LogP contribution in [0.4, 0.5) is 4.39 Å². The van der Waals surface area contributed by atoms with Crippen molar-refractivity contribution in [2.75, 3.05) is 0 Å². The minimum absolute atomic E-state index is 0.207. The van der Waals surface area contributed by atoms with Crippen LogP contribution in [0, 0.1) is 19.7 Å². The van der Waals surface area contributed by atoms with E-state index in [2.05, 4.69) is 20.9 Å². The molecule has 1 aromatic carbocycles. The molecule has 0 bridgehead atoms. The molecule has 0 aliphatic rings. The number of aryl methyl sites for hydroxylation is 2. The van der Waals surface area contributed by atoms with Crippen molar-refractivity contribution in [3.05, 3.63) is 33.7 Å². The van der Waals surface area contributed by atoms with Crippen molar-refractivity contribution in [3.8, 4) is 0 Å². The summed E-state index contributed by atoms with van der Waals surface area (Å²) in [4.78, 5) is 3.21. The highest BCUT2D eigenvalue weighted by Crippen LogP contribution is 2.28. The molecule has 0 aliphatic heterocycles. The number of halogens is 2. The third-order valence-corrected chi connectivity index (χ3v) is 2.96. The van der Waals surface area contributed by atoms with Gasteiger partial charge >= 0.3 is 0 Å². The Hall–Kier alpha value is -0.830. The van der Waals surface area contributed by atoms with Gasteiger partial charge in [0, 0.05) is 15.6 Å². The Labute approximate surface area is 84.1 Å². The fourth-order valence-electron chi connectivity index (χ4n) is 1.48. The van der Waals surface area contributed by atoms with E-state index < -0.39 is 0 Å². The van der Waals surface area contributed by atoms with E-state index in [1.165, 1.54) is 6.07 Å². The Kier molecular flexibility index (Phi) is 1.91. The second-order valence-electron chi connectivity index (χ2n) is 3.19. The predicted octanol–water partition coefficient (Wildman–Crippen LogP) is 3.69. The van der Waals surface area contributed by atoms with Gasteiger partial charge in [0.25, 0.3) is 0 Å². The monoisotopic (exact) mass is 241 g/mol. The molecule has 2 aromatic rings. The lowest BCUT2D eigenvalue weighted by Gasteiger charge is -1.95. The average molecular weight is 242 g/mol. The molecule has 0 unspecified atom stereocenters. The highest BCUT2D eigenvalue weighted by atomic mass is 79.9. The van der Waals surface area contributed by atoms with Crippen LogP contribution in [0.3, 0.4) is 0 Å². The summed E-state index contributed by atoms with van der Waals surface area (Å²) in [6.45, 7) is 3.97. The van der Waals surface area contributed by atoms with E-state index in [1.807, 2.05) is 13.8 Å². The van der Waals surface area contributed by atoms with Crippen molar-refractivity contribution in [2.45, 2.75) is 13.8 Å². The molecule has 0 saturated heterocycles. The van der Waals surface area contributed by atoms with Gasteiger partial charge in [-0.1, -0.05) is 0 Å². The van der Waals surface area contributed by atoms with Crippen LogP contribution in [0.5, 0.6) is 0 Å². The summed E-state index contributed by atoms with van der Waals surface area (Å²) in [6, 6.07) is 3.02. The van der Waals surface area contributed by atoms with E-state index in [0.717, 1.165) is 26.6 Å². The molecule has 1 nitrogen and oxygen atoms in total. The maximum Gasteiger partial charge on any atom is 0.125 e. The third kappa shape index (κ3) is 1.27. The summed E-state index contributed by atoms with van der Waals surface area (Å²) >= 11 is 3.32. The van der Waals surface area contributed by atoms with Crippen molar-refractivity contribution in [2.24, 2.45) is 0 Å². The van der Waals surface area contributed by atoms with Gasteiger partial charge in [-0.15, -0.1) is 0 Å². The van der Waals surface area contributed by atoms with Gasteiger partial charge < -0.3 is 4.98 Å². The van der Waals surface area contributed by atoms with Crippen LogP contribution in [0.25, 0.3) is 10.9 Å². The van der Waals surface area contributed by atoms with Gasteiger partial charge in [-0.05, 0) is 47.5 Å². The first kappa shape index (κ1) is 8.75. The third-order valence-electron chi connectivity index (χ3n) is 2.33. The zero-order valence-corrected chi connectivity index (χ0v) is 9.00. The zero-order chi connectivity index (χ0) is 9.59. The Morgan fingerprint density at radius 2 is 2.00 bits per heavy atom. The van der Waals surface area contributed by atoms with Crippen LogP contribution in [-0.2, 0) is 0 Å². The lowest BCUT2D eigenvalue weighted by Crippen LogP contribution is -1.76. The zero-order valence-electron chi connectivity index (χ0n) is 7.41. The van der Waals surface area contributed by atoms with Gasteiger partial charge in [-0.2, -0.15) is 0 Å². The fourth-order valence-corrected chi connectivity index (χ4v) is 2.01. The van der Waals surface area contributed by atoms with Crippen LogP contribution in [0.2, 0.25) is 0 Å². The first-order chi connectivity index (χ1) is 6.09. The number of rotatable bonds is 0. The molecular weight excluding hydrogens is 233 g/mol. The SMILES string of the molecule is Cc1[nH]c2c(Br)cc(F)cc2c1C. The lowest BCUT2D eigenvalue weighted by atomic mass is 10.1. The smallest absolute Gasteiger partial charge is 0.125 e. The average Bonchev–Trinajstić information content (AvgIpc) is 2.32. The molecule has 0 fully saturated rings. The molecular formula is C10H9BrFN. The van der Waals surface area contributed by atoms with Crippen LogP contribution >= 0.6 is 15.9 Å². The van der Waals surface area contributed by atoms with E-state index in [1.54, 1.807) is 6.07 Å². The number of aromatic nitrogens is 1. The molecule has 0 atom stereocenters. The maximum atomic E-state index is 13.0. The minimum atomic E-state index is -0.207. The second-order valence-corrected chi connectivity index (χ2v) is 4.04. The molecule has 2 rings (SSSR count). The summed E-state index contributed by atoms with van der Waals surface area (Å²) in [7, 11) is 0. The molecule has 1 heterocycles. The van der Waals surface area contributed by atoms with E-state index in [9.17, 15) is 4.39 Å². The van der Waals surface area contributed by atoms with Crippen LogP contribution in [0.15, 0.2) is 16.6 Å². The van der Waals surface area contributed by atoms with Gasteiger partial charge in [0.15, 0.2) is 0 Å². The molecule has 68 valence electrons. The quantitative estimate of drug-likeness (QED) is 0.725. The largest absolute Gasteiger partial charge is 0.357 e. The van der Waals surface area contributed by atoms with E-state index in [4.69, 9.17) is 0 Å². The molecule has 13 heavy (non-hydrogen) atoms. The van der Waals surface area contributed by atoms with Gasteiger partial charge in [-0.3, -0.25) is 0 Å². The molecule has 3 heteroatoms. The second kappa shape index (κ2) is 2.84. The highest BCUT2D eigenvalue weighted by Gasteiger charge is 2.08. The summed E-state index contributed by atoms with van der Waals surface area (Å²) in [5.41, 5.74) is 3.16. The highest BCUT2D eigenvalue weighted by molar-refractivity contribution is 9.10. The number of nitrogens with one attached hydrogen (secondary N) is 1. The number of fused-ring (bicyclic) bond motifs is 1. The van der Waals surface area contributed by atoms with Gasteiger partial charge in [0.1, 0.15) is 5.82 Å². The van der Waals surface area contributed by atoms with Crippen molar-refractivity contribution >= 4 is 26.8 Å². The Morgan fingerprint density at radius 3 is 2.69 bits per heavy atom. The van der Waals surface area contributed by atoms with Gasteiger partial charge in [-0.25, -0.2) is 4.39 Å². The van der Waals surface area contributed by atoms with Gasteiger partial charge in [0.05, 0.1) is 5.52 Å². The lowest BCUT2D eigenvalue weighted by molar-refractivity contribution is 0.629. The topological polar surface area (TPSA) is 15.8 Å².